The molecule has 0 atom stereocenters. The number of anilines is 1. The van der Waals surface area contributed by atoms with Crippen LogP contribution in [0.25, 0.3) is 0 Å². The van der Waals surface area contributed by atoms with Gasteiger partial charge in [-0.05, 0) is 12.8 Å². The van der Waals surface area contributed by atoms with Crippen LogP contribution in [0.4, 0.5) is 5.82 Å². The summed E-state index contributed by atoms with van der Waals surface area (Å²) in [4.78, 5) is 11.6. The van der Waals surface area contributed by atoms with Gasteiger partial charge in [-0.1, -0.05) is 5.16 Å². The first-order valence-electron chi connectivity index (χ1n) is 5.10. The normalized spacial score (nSPS) is 15.0. The van der Waals surface area contributed by atoms with E-state index in [1.165, 1.54) is 25.1 Å². The molecule has 6 nitrogen and oxygen atoms in total. The number of nitrogens with one attached hydrogen (secondary N) is 2. The lowest BCUT2D eigenvalue weighted by atomic mass is 10.3. The van der Waals surface area contributed by atoms with Gasteiger partial charge in [0.2, 0.25) is 5.76 Å². The van der Waals surface area contributed by atoms with Crippen LogP contribution in [0.2, 0.25) is 0 Å². The van der Waals surface area contributed by atoms with Gasteiger partial charge < -0.3 is 9.84 Å². The van der Waals surface area contributed by atoms with Crippen LogP contribution in [0.1, 0.15) is 35.0 Å². The highest BCUT2D eigenvalue weighted by Gasteiger charge is 2.25. The zero-order chi connectivity index (χ0) is 11.0. The lowest BCUT2D eigenvalue weighted by molar-refractivity contribution is 0.0987. The van der Waals surface area contributed by atoms with E-state index in [-0.39, 0.29) is 11.7 Å². The van der Waals surface area contributed by atoms with Crippen LogP contribution in [0.15, 0.2) is 22.9 Å². The maximum atomic E-state index is 11.6. The van der Waals surface area contributed by atoms with Crippen molar-refractivity contribution in [1.29, 1.82) is 0 Å². The Morgan fingerprint density at radius 3 is 3.12 bits per heavy atom. The third kappa shape index (κ3) is 1.69. The molecule has 1 aliphatic rings. The number of H-pyrrole nitrogens is 1. The van der Waals surface area contributed by atoms with Crippen molar-refractivity contribution in [3.05, 3.63) is 29.8 Å². The lowest BCUT2D eigenvalue weighted by Gasteiger charge is -1.95. The van der Waals surface area contributed by atoms with E-state index < -0.39 is 0 Å². The fraction of sp³-hybridized carbons (Fsp3) is 0.300. The van der Waals surface area contributed by atoms with E-state index in [0.29, 0.717) is 11.7 Å². The molecule has 1 amide bonds. The highest BCUT2D eigenvalue weighted by Crippen LogP contribution is 2.39. The summed E-state index contributed by atoms with van der Waals surface area (Å²) in [5.74, 6) is 0.939. The second-order valence-electron chi connectivity index (χ2n) is 3.81. The van der Waals surface area contributed by atoms with Crippen molar-refractivity contribution in [2.45, 2.75) is 18.8 Å². The number of carbonyl (C=O) groups excluding carboxylic acids is 1. The number of rotatable bonds is 3. The summed E-state index contributed by atoms with van der Waals surface area (Å²) in [5, 5.41) is 13.0. The van der Waals surface area contributed by atoms with Crippen molar-refractivity contribution in [2.75, 3.05) is 5.32 Å². The Bertz CT molecular complexity index is 499. The predicted octanol–water partition coefficient (Wildman–Crippen LogP) is 1.53. The SMILES string of the molecule is O=C(Nc1cc(C2CC2)[nH]n1)c1ccno1. The minimum Gasteiger partial charge on any atom is -0.351 e. The summed E-state index contributed by atoms with van der Waals surface area (Å²) in [6, 6.07) is 3.36. The van der Waals surface area contributed by atoms with Crippen LogP contribution in [0.5, 0.6) is 0 Å². The van der Waals surface area contributed by atoms with Gasteiger partial charge in [-0.25, -0.2) is 0 Å². The molecule has 82 valence electrons. The van der Waals surface area contributed by atoms with E-state index in [1.807, 2.05) is 6.07 Å². The van der Waals surface area contributed by atoms with Gasteiger partial charge in [0, 0.05) is 23.7 Å². The molecule has 2 aromatic rings. The highest BCUT2D eigenvalue weighted by molar-refractivity contribution is 6.01. The van der Waals surface area contributed by atoms with Gasteiger partial charge in [-0.15, -0.1) is 0 Å². The molecule has 0 spiro atoms. The quantitative estimate of drug-likeness (QED) is 0.818. The molecule has 16 heavy (non-hydrogen) atoms. The molecule has 0 aromatic carbocycles. The summed E-state index contributed by atoms with van der Waals surface area (Å²) in [5.41, 5.74) is 1.08. The Kier molecular flexibility index (Phi) is 1.99. The van der Waals surface area contributed by atoms with E-state index in [2.05, 4.69) is 20.7 Å². The zero-order valence-corrected chi connectivity index (χ0v) is 8.43. The molecule has 2 heterocycles. The van der Waals surface area contributed by atoms with Crippen LogP contribution in [-0.2, 0) is 0 Å². The third-order valence-electron chi connectivity index (χ3n) is 2.52. The molecule has 1 fully saturated rings. The second-order valence-corrected chi connectivity index (χ2v) is 3.81. The van der Waals surface area contributed by atoms with Gasteiger partial charge in [0.1, 0.15) is 0 Å². The molecule has 3 rings (SSSR count). The minimum absolute atomic E-state index is 0.177. The summed E-state index contributed by atoms with van der Waals surface area (Å²) in [7, 11) is 0. The average molecular weight is 218 g/mol. The van der Waals surface area contributed by atoms with Gasteiger partial charge in [-0.3, -0.25) is 9.89 Å². The molecule has 6 heteroatoms. The molecule has 2 aromatic heterocycles. The van der Waals surface area contributed by atoms with Gasteiger partial charge in [0.15, 0.2) is 5.82 Å². The van der Waals surface area contributed by atoms with Crippen molar-refractivity contribution < 1.29 is 9.32 Å². The first kappa shape index (κ1) is 9.14. The van der Waals surface area contributed by atoms with E-state index in [0.717, 1.165) is 5.69 Å². The van der Waals surface area contributed by atoms with Gasteiger partial charge in [0.05, 0.1) is 6.20 Å². The molecule has 0 bridgehead atoms. The van der Waals surface area contributed by atoms with Crippen molar-refractivity contribution in [3.63, 3.8) is 0 Å². The largest absolute Gasteiger partial charge is 0.351 e. The smallest absolute Gasteiger partial charge is 0.295 e. The van der Waals surface area contributed by atoms with Gasteiger partial charge in [-0.2, -0.15) is 5.10 Å². The average Bonchev–Trinajstić information content (AvgIpc) is 2.82. The molecule has 0 unspecified atom stereocenters. The Morgan fingerprint density at radius 2 is 2.44 bits per heavy atom. The Hall–Kier alpha value is -2.11. The summed E-state index contributed by atoms with van der Waals surface area (Å²) in [6.07, 6.45) is 3.81. The first-order valence-corrected chi connectivity index (χ1v) is 5.10. The fourth-order valence-corrected chi connectivity index (χ4v) is 1.51. The van der Waals surface area contributed by atoms with Crippen molar-refractivity contribution >= 4 is 11.7 Å². The van der Waals surface area contributed by atoms with Crippen molar-refractivity contribution in [2.24, 2.45) is 0 Å². The van der Waals surface area contributed by atoms with E-state index in [4.69, 9.17) is 4.52 Å². The Labute approximate surface area is 91.0 Å². The monoisotopic (exact) mass is 218 g/mol. The Morgan fingerprint density at radius 1 is 1.56 bits per heavy atom. The second kappa shape index (κ2) is 3.48. The van der Waals surface area contributed by atoms with Crippen LogP contribution < -0.4 is 5.32 Å². The van der Waals surface area contributed by atoms with E-state index in [9.17, 15) is 4.79 Å². The first-order chi connectivity index (χ1) is 7.83. The molecule has 0 radical (unpaired) electrons. The minimum atomic E-state index is -0.341. The topological polar surface area (TPSA) is 83.8 Å². The maximum Gasteiger partial charge on any atom is 0.295 e. The number of hydrogen-bond donors (Lipinski definition) is 2. The molecule has 0 aliphatic heterocycles. The molecule has 1 saturated carbocycles. The molecule has 1 aliphatic carbocycles. The number of amides is 1. The number of aromatic nitrogens is 3. The Balaban J connectivity index is 1.71. The van der Waals surface area contributed by atoms with Crippen LogP contribution in [0, 0.1) is 0 Å². The third-order valence-corrected chi connectivity index (χ3v) is 2.52. The molecule has 2 N–H and O–H groups in total. The summed E-state index contributed by atoms with van der Waals surface area (Å²) >= 11 is 0. The van der Waals surface area contributed by atoms with Crippen molar-refractivity contribution in [1.82, 2.24) is 15.4 Å². The number of aromatic amines is 1. The van der Waals surface area contributed by atoms with E-state index in [1.54, 1.807) is 0 Å². The fourth-order valence-electron chi connectivity index (χ4n) is 1.51. The summed E-state index contributed by atoms with van der Waals surface area (Å²) < 4.78 is 4.73. The van der Waals surface area contributed by atoms with Gasteiger partial charge in [0.25, 0.3) is 5.91 Å². The van der Waals surface area contributed by atoms with Crippen molar-refractivity contribution in [3.8, 4) is 0 Å². The number of nitrogens with zero attached hydrogens (tertiary/aromatic N) is 2. The molecular formula is C10H10N4O2. The van der Waals surface area contributed by atoms with Gasteiger partial charge >= 0.3 is 0 Å². The lowest BCUT2D eigenvalue weighted by Crippen LogP contribution is -2.11. The van der Waals surface area contributed by atoms with Crippen LogP contribution >= 0.6 is 0 Å². The maximum absolute atomic E-state index is 11.6. The van der Waals surface area contributed by atoms with E-state index >= 15 is 0 Å². The predicted molar refractivity (Wildman–Crippen MR) is 55.0 cm³/mol. The molecular weight excluding hydrogens is 208 g/mol. The summed E-state index contributed by atoms with van der Waals surface area (Å²) in [6.45, 7) is 0. The zero-order valence-electron chi connectivity index (χ0n) is 8.43. The highest BCUT2D eigenvalue weighted by atomic mass is 16.5. The standard InChI is InChI=1S/C10H10N4O2/c15-10(8-3-4-11-16-8)12-9-5-7(13-14-9)6-1-2-6/h3-6H,1-2H2,(H2,12,13,14,15). The number of hydrogen-bond acceptors (Lipinski definition) is 4. The number of carbonyl (C=O) groups is 1. The molecule has 0 saturated heterocycles. The van der Waals surface area contributed by atoms with Crippen LogP contribution in [-0.4, -0.2) is 21.3 Å². The van der Waals surface area contributed by atoms with Crippen LogP contribution in [0.3, 0.4) is 0 Å².